The van der Waals surface area contributed by atoms with Gasteiger partial charge in [-0.3, -0.25) is 19.8 Å². The second-order valence-corrected chi connectivity index (χ2v) is 9.16. The van der Waals surface area contributed by atoms with Crippen LogP contribution < -0.4 is 5.43 Å². The number of carbonyl (C=O) groups excluding carboxylic acids is 3. The smallest absolute Gasteiger partial charge is 0.274 e. The molecular formula is C18H14Br2N2O4. The van der Waals surface area contributed by atoms with Crippen molar-refractivity contribution in [1.29, 1.82) is 0 Å². The van der Waals surface area contributed by atoms with Crippen LogP contribution in [0.2, 0.25) is 0 Å². The van der Waals surface area contributed by atoms with Gasteiger partial charge in [-0.15, -0.1) is 0 Å². The standard InChI is InChI=1S/C18H14Br2N2O4/c19-6-3-11(15(23)12(20)4-6)16(24)21-22-17(25)13-7-1-2-8(10-5-9(7)10)14(13)18(22)26/h1-4,7-10,13-14,23H,5H2,(H,21,24). The third-order valence-electron chi connectivity index (χ3n) is 6.15. The lowest BCUT2D eigenvalue weighted by Crippen LogP contribution is -2.47. The summed E-state index contributed by atoms with van der Waals surface area (Å²) < 4.78 is 0.925. The summed E-state index contributed by atoms with van der Waals surface area (Å²) in [5.74, 6) is -1.16. The number of imide groups is 1. The molecule has 0 aromatic heterocycles. The molecule has 3 fully saturated rings. The fraction of sp³-hybridized carbons (Fsp3) is 0.389. The van der Waals surface area contributed by atoms with Crippen LogP contribution in [0.15, 0.2) is 33.2 Å². The fourth-order valence-corrected chi connectivity index (χ4v) is 6.19. The number of nitrogens with one attached hydrogen (secondary N) is 1. The topological polar surface area (TPSA) is 86.7 Å². The van der Waals surface area contributed by atoms with Crippen molar-refractivity contribution in [2.75, 3.05) is 0 Å². The Bertz CT molecular complexity index is 879. The number of hydrogen-bond donors (Lipinski definition) is 2. The lowest BCUT2D eigenvalue weighted by Gasteiger charge is -2.37. The number of carbonyl (C=O) groups is 3. The SMILES string of the molecule is O=C(NN1C(=O)C2C3C=CC(C4CC34)C2C1=O)c1cc(Br)cc(Br)c1O. The molecule has 1 aromatic carbocycles. The Morgan fingerprint density at radius 3 is 2.23 bits per heavy atom. The predicted octanol–water partition coefficient (Wildman–Crippen LogP) is 2.62. The van der Waals surface area contributed by atoms with Gasteiger partial charge in [0.15, 0.2) is 0 Å². The number of hydrazine groups is 1. The summed E-state index contributed by atoms with van der Waals surface area (Å²) in [6.45, 7) is 0. The van der Waals surface area contributed by atoms with Crippen LogP contribution in [0.4, 0.5) is 0 Å². The van der Waals surface area contributed by atoms with Crippen LogP contribution in [0.3, 0.4) is 0 Å². The first kappa shape index (κ1) is 16.5. The minimum absolute atomic E-state index is 0.0225. The molecular weight excluding hydrogens is 468 g/mol. The number of rotatable bonds is 2. The Morgan fingerprint density at radius 2 is 1.65 bits per heavy atom. The van der Waals surface area contributed by atoms with Crippen LogP contribution in [0.1, 0.15) is 16.8 Å². The summed E-state index contributed by atoms with van der Waals surface area (Å²) in [6, 6.07) is 3.04. The molecule has 6 rings (SSSR count). The first-order valence-corrected chi connectivity index (χ1v) is 10.0. The minimum Gasteiger partial charge on any atom is -0.506 e. The van der Waals surface area contributed by atoms with Crippen LogP contribution in [0, 0.1) is 35.5 Å². The molecule has 26 heavy (non-hydrogen) atoms. The van der Waals surface area contributed by atoms with Gasteiger partial charge in [-0.05, 0) is 58.2 Å². The Kier molecular flexibility index (Phi) is 3.44. The molecule has 1 heterocycles. The number of benzene rings is 1. The van der Waals surface area contributed by atoms with Crippen LogP contribution in [0.25, 0.3) is 0 Å². The number of aromatic hydroxyl groups is 1. The quantitative estimate of drug-likeness (QED) is 0.502. The monoisotopic (exact) mass is 480 g/mol. The van der Waals surface area contributed by atoms with Crippen molar-refractivity contribution < 1.29 is 19.5 Å². The van der Waals surface area contributed by atoms with Gasteiger partial charge in [0.05, 0.1) is 21.9 Å². The zero-order valence-electron chi connectivity index (χ0n) is 13.4. The third kappa shape index (κ3) is 2.11. The first-order valence-electron chi connectivity index (χ1n) is 8.43. The van der Waals surface area contributed by atoms with E-state index in [-0.39, 0.29) is 46.8 Å². The zero-order chi connectivity index (χ0) is 18.3. The lowest BCUT2D eigenvalue weighted by atomic mass is 9.63. The highest BCUT2D eigenvalue weighted by atomic mass is 79.9. The lowest BCUT2D eigenvalue weighted by molar-refractivity contribution is -0.143. The molecule has 1 aromatic rings. The van der Waals surface area contributed by atoms with E-state index in [1.165, 1.54) is 6.07 Å². The van der Waals surface area contributed by atoms with Gasteiger partial charge in [-0.1, -0.05) is 28.1 Å². The average molecular weight is 482 g/mol. The molecule has 6 unspecified atom stereocenters. The Morgan fingerprint density at radius 1 is 1.08 bits per heavy atom. The van der Waals surface area contributed by atoms with E-state index in [4.69, 9.17) is 0 Å². The van der Waals surface area contributed by atoms with Crippen molar-refractivity contribution in [1.82, 2.24) is 10.4 Å². The molecule has 3 amide bonds. The summed E-state index contributed by atoms with van der Waals surface area (Å²) in [7, 11) is 0. The molecule has 2 N–H and O–H groups in total. The van der Waals surface area contributed by atoms with Gasteiger partial charge in [0.2, 0.25) is 0 Å². The number of halogens is 2. The largest absolute Gasteiger partial charge is 0.506 e. The molecule has 134 valence electrons. The van der Waals surface area contributed by atoms with Crippen molar-refractivity contribution in [3.8, 4) is 5.75 Å². The minimum atomic E-state index is -0.699. The van der Waals surface area contributed by atoms with E-state index in [2.05, 4.69) is 49.4 Å². The molecule has 6 nitrogen and oxygen atoms in total. The van der Waals surface area contributed by atoms with E-state index < -0.39 is 5.91 Å². The average Bonchev–Trinajstić information content (AvgIpc) is 3.39. The van der Waals surface area contributed by atoms with Crippen molar-refractivity contribution >= 4 is 49.6 Å². The maximum atomic E-state index is 12.9. The number of hydrogen-bond acceptors (Lipinski definition) is 4. The van der Waals surface area contributed by atoms with E-state index >= 15 is 0 Å². The molecule has 1 saturated heterocycles. The number of amides is 3. The molecule has 0 spiro atoms. The number of phenols is 1. The van der Waals surface area contributed by atoms with Gasteiger partial charge in [0, 0.05) is 4.47 Å². The number of nitrogens with zero attached hydrogens (tertiary/aromatic N) is 1. The van der Waals surface area contributed by atoms with Crippen LogP contribution >= 0.6 is 31.9 Å². The van der Waals surface area contributed by atoms with Crippen molar-refractivity contribution in [3.05, 3.63) is 38.8 Å². The van der Waals surface area contributed by atoms with E-state index in [1.54, 1.807) is 6.07 Å². The molecule has 4 aliphatic carbocycles. The fourth-order valence-electron chi connectivity index (χ4n) is 4.97. The van der Waals surface area contributed by atoms with Gasteiger partial charge in [0.1, 0.15) is 5.75 Å². The van der Waals surface area contributed by atoms with Crippen molar-refractivity contribution in [3.63, 3.8) is 0 Å². The second kappa shape index (κ2) is 5.42. The highest BCUT2D eigenvalue weighted by molar-refractivity contribution is 9.11. The van der Waals surface area contributed by atoms with E-state index in [9.17, 15) is 19.5 Å². The molecule has 2 saturated carbocycles. The number of phenolic OH excluding ortho intramolecular Hbond substituents is 1. The summed E-state index contributed by atoms with van der Waals surface area (Å²) >= 11 is 6.43. The van der Waals surface area contributed by atoms with Crippen LogP contribution in [0.5, 0.6) is 5.75 Å². The summed E-state index contributed by atoms with van der Waals surface area (Å²) in [4.78, 5) is 38.3. The van der Waals surface area contributed by atoms with Gasteiger partial charge in [-0.2, -0.15) is 5.01 Å². The van der Waals surface area contributed by atoms with Crippen molar-refractivity contribution in [2.45, 2.75) is 6.42 Å². The maximum absolute atomic E-state index is 12.9. The van der Waals surface area contributed by atoms with Gasteiger partial charge < -0.3 is 5.11 Å². The first-order chi connectivity index (χ1) is 12.4. The molecule has 0 radical (unpaired) electrons. The third-order valence-corrected chi connectivity index (χ3v) is 7.21. The molecule has 1 aliphatic heterocycles. The zero-order valence-corrected chi connectivity index (χ0v) is 16.5. The Labute approximate surface area is 165 Å². The highest BCUT2D eigenvalue weighted by Crippen LogP contribution is 2.65. The van der Waals surface area contributed by atoms with E-state index in [0.29, 0.717) is 20.8 Å². The van der Waals surface area contributed by atoms with Crippen molar-refractivity contribution in [2.24, 2.45) is 35.5 Å². The van der Waals surface area contributed by atoms with Crippen LogP contribution in [-0.2, 0) is 9.59 Å². The Hall–Kier alpha value is -1.67. The molecule has 5 aliphatic rings. The van der Waals surface area contributed by atoms with Gasteiger partial charge >= 0.3 is 0 Å². The van der Waals surface area contributed by atoms with Crippen LogP contribution in [-0.4, -0.2) is 27.8 Å². The second-order valence-electron chi connectivity index (χ2n) is 7.39. The summed E-state index contributed by atoms with van der Waals surface area (Å²) in [5.41, 5.74) is 2.39. The molecule has 6 atom stereocenters. The predicted molar refractivity (Wildman–Crippen MR) is 97.5 cm³/mol. The number of allylic oxidation sites excluding steroid dienone is 2. The normalized spacial score (nSPS) is 36.2. The van der Waals surface area contributed by atoms with Gasteiger partial charge in [-0.25, -0.2) is 0 Å². The summed E-state index contributed by atoms with van der Waals surface area (Å²) in [5, 5.41) is 11.0. The van der Waals surface area contributed by atoms with E-state index in [1.807, 2.05) is 0 Å². The molecule has 8 heteroatoms. The maximum Gasteiger partial charge on any atom is 0.274 e. The molecule has 2 bridgehead atoms. The summed E-state index contributed by atoms with van der Waals surface area (Å²) in [6.07, 6.45) is 5.24. The Balaban J connectivity index is 1.43. The van der Waals surface area contributed by atoms with Gasteiger partial charge in [0.25, 0.3) is 17.7 Å². The van der Waals surface area contributed by atoms with E-state index in [0.717, 1.165) is 11.4 Å². The highest BCUT2D eigenvalue weighted by Gasteiger charge is 2.67.